The fraction of sp³-hybridized carbons (Fsp3) is 0.933. The molecule has 1 atom stereocenters. The van der Waals surface area contributed by atoms with Gasteiger partial charge in [0.2, 0.25) is 0 Å². The van der Waals surface area contributed by atoms with Crippen molar-refractivity contribution in [3.8, 4) is 0 Å². The van der Waals surface area contributed by atoms with Crippen molar-refractivity contribution in [3.05, 3.63) is 0 Å². The molecule has 0 saturated carbocycles. The Balaban J connectivity index is 4.78. The number of esters is 1. The second-order valence-corrected chi connectivity index (χ2v) is 5.23. The highest BCUT2D eigenvalue weighted by Crippen LogP contribution is 2.20. The number of ether oxygens (including phenoxy) is 2. The number of hydrogen-bond acceptors (Lipinski definition) is 5. The van der Waals surface area contributed by atoms with Crippen molar-refractivity contribution in [2.24, 2.45) is 5.92 Å². The summed E-state index contributed by atoms with van der Waals surface area (Å²) in [6.07, 6.45) is 0. The monoisotopic (exact) mass is 288 g/mol. The number of hydrogen-bond donors (Lipinski definition) is 1. The molecule has 5 nitrogen and oxygen atoms in total. The van der Waals surface area contributed by atoms with Crippen molar-refractivity contribution in [3.63, 3.8) is 0 Å². The largest absolute Gasteiger partial charge is 0.465 e. The van der Waals surface area contributed by atoms with E-state index in [1.165, 1.54) is 0 Å². The van der Waals surface area contributed by atoms with E-state index in [1.54, 1.807) is 7.11 Å². The van der Waals surface area contributed by atoms with E-state index in [1.807, 2.05) is 20.8 Å². The third kappa shape index (κ3) is 5.38. The average molecular weight is 288 g/mol. The molecule has 0 heterocycles. The highest BCUT2D eigenvalue weighted by Gasteiger charge is 2.42. The van der Waals surface area contributed by atoms with Crippen LogP contribution in [0.25, 0.3) is 0 Å². The molecule has 0 spiro atoms. The highest BCUT2D eigenvalue weighted by atomic mass is 16.5. The third-order valence-corrected chi connectivity index (χ3v) is 3.76. The summed E-state index contributed by atoms with van der Waals surface area (Å²) in [4.78, 5) is 14.6. The van der Waals surface area contributed by atoms with Crippen molar-refractivity contribution in [2.75, 3.05) is 46.5 Å². The van der Waals surface area contributed by atoms with Crippen LogP contribution in [0.2, 0.25) is 0 Å². The maximum Gasteiger partial charge on any atom is 0.329 e. The molecule has 20 heavy (non-hydrogen) atoms. The van der Waals surface area contributed by atoms with Crippen molar-refractivity contribution in [2.45, 2.75) is 40.2 Å². The van der Waals surface area contributed by atoms with E-state index in [0.717, 1.165) is 26.2 Å². The van der Waals surface area contributed by atoms with Crippen LogP contribution in [-0.4, -0.2) is 62.9 Å². The lowest BCUT2D eigenvalue weighted by atomic mass is 9.87. The molecule has 120 valence electrons. The Kier molecular flexibility index (Phi) is 9.80. The predicted octanol–water partition coefficient (Wildman–Crippen LogP) is 1.52. The van der Waals surface area contributed by atoms with E-state index in [-0.39, 0.29) is 11.9 Å². The van der Waals surface area contributed by atoms with Gasteiger partial charge in [0.25, 0.3) is 0 Å². The quantitative estimate of drug-likeness (QED) is 0.584. The number of carbonyl (C=O) groups is 1. The van der Waals surface area contributed by atoms with Gasteiger partial charge in [-0.05, 0) is 25.9 Å². The van der Waals surface area contributed by atoms with Crippen LogP contribution in [0.4, 0.5) is 0 Å². The first-order valence-electron chi connectivity index (χ1n) is 7.61. The van der Waals surface area contributed by atoms with Gasteiger partial charge in [-0.2, -0.15) is 0 Å². The van der Waals surface area contributed by atoms with Crippen molar-refractivity contribution < 1.29 is 14.3 Å². The molecule has 0 aromatic heterocycles. The highest BCUT2D eigenvalue weighted by molar-refractivity contribution is 5.81. The Labute approximate surface area is 124 Å². The van der Waals surface area contributed by atoms with Crippen molar-refractivity contribution in [1.29, 1.82) is 0 Å². The summed E-state index contributed by atoms with van der Waals surface area (Å²) in [5.74, 6) is -0.130. The van der Waals surface area contributed by atoms with E-state index in [9.17, 15) is 4.79 Å². The SMILES string of the molecule is CCOC(=O)C(COC)(NCCN(CC)CC)C(C)C. The summed E-state index contributed by atoms with van der Waals surface area (Å²) >= 11 is 0. The van der Waals surface area contributed by atoms with Crippen molar-refractivity contribution >= 4 is 5.97 Å². The zero-order chi connectivity index (χ0) is 15.6. The molecule has 0 aromatic rings. The maximum atomic E-state index is 12.3. The van der Waals surface area contributed by atoms with Crippen LogP contribution in [0, 0.1) is 5.92 Å². The first-order chi connectivity index (χ1) is 9.48. The van der Waals surface area contributed by atoms with Crippen LogP contribution in [0.3, 0.4) is 0 Å². The number of rotatable bonds is 11. The molecule has 0 rings (SSSR count). The number of carbonyl (C=O) groups excluding carboxylic acids is 1. The van der Waals surface area contributed by atoms with Crippen LogP contribution in [0.1, 0.15) is 34.6 Å². The predicted molar refractivity (Wildman–Crippen MR) is 81.9 cm³/mol. The maximum absolute atomic E-state index is 12.3. The van der Waals surface area contributed by atoms with Gasteiger partial charge < -0.3 is 14.4 Å². The molecule has 0 aliphatic rings. The van der Waals surface area contributed by atoms with E-state index in [4.69, 9.17) is 9.47 Å². The molecular weight excluding hydrogens is 256 g/mol. The molecule has 0 aliphatic heterocycles. The van der Waals surface area contributed by atoms with E-state index in [2.05, 4.69) is 24.1 Å². The van der Waals surface area contributed by atoms with E-state index in [0.29, 0.717) is 13.2 Å². The van der Waals surface area contributed by atoms with Gasteiger partial charge in [0, 0.05) is 20.2 Å². The molecule has 0 saturated heterocycles. The zero-order valence-electron chi connectivity index (χ0n) is 14.0. The van der Waals surface area contributed by atoms with Gasteiger partial charge in [0.15, 0.2) is 0 Å². The first-order valence-corrected chi connectivity index (χ1v) is 7.61. The molecule has 0 aliphatic carbocycles. The molecule has 0 fully saturated rings. The van der Waals surface area contributed by atoms with Crippen LogP contribution in [0.5, 0.6) is 0 Å². The Bertz CT molecular complexity index is 268. The Morgan fingerprint density at radius 2 is 1.85 bits per heavy atom. The Morgan fingerprint density at radius 3 is 2.25 bits per heavy atom. The summed E-state index contributed by atoms with van der Waals surface area (Å²) in [5.41, 5.74) is -0.766. The standard InChI is InChI=1S/C15H32N2O3/c1-7-17(8-2)11-10-16-15(12-19-6,13(4)5)14(18)20-9-3/h13,16H,7-12H2,1-6H3. The molecule has 0 aromatic carbocycles. The lowest BCUT2D eigenvalue weighted by molar-refractivity contribution is -0.156. The Morgan fingerprint density at radius 1 is 1.25 bits per heavy atom. The number of methoxy groups -OCH3 is 1. The normalized spacial score (nSPS) is 14.6. The summed E-state index contributed by atoms with van der Waals surface area (Å²) in [7, 11) is 1.61. The number of nitrogens with one attached hydrogen (secondary N) is 1. The van der Waals surface area contributed by atoms with Gasteiger partial charge in [-0.25, -0.2) is 4.79 Å². The van der Waals surface area contributed by atoms with E-state index >= 15 is 0 Å². The number of likely N-dealkylation sites (N-methyl/N-ethyl adjacent to an activating group) is 1. The third-order valence-electron chi connectivity index (χ3n) is 3.76. The lowest BCUT2D eigenvalue weighted by Crippen LogP contribution is -2.61. The molecule has 1 N–H and O–H groups in total. The van der Waals surface area contributed by atoms with Gasteiger partial charge in [-0.1, -0.05) is 27.7 Å². The topological polar surface area (TPSA) is 50.8 Å². The minimum atomic E-state index is -0.766. The molecule has 1 unspecified atom stereocenters. The van der Waals surface area contributed by atoms with Gasteiger partial charge in [0.05, 0.1) is 13.2 Å². The second-order valence-electron chi connectivity index (χ2n) is 5.23. The molecular formula is C15H32N2O3. The average Bonchev–Trinajstić information content (AvgIpc) is 2.42. The van der Waals surface area contributed by atoms with Crippen LogP contribution in [-0.2, 0) is 14.3 Å². The minimum absolute atomic E-state index is 0.0956. The van der Waals surface area contributed by atoms with Gasteiger partial charge in [-0.15, -0.1) is 0 Å². The summed E-state index contributed by atoms with van der Waals surface area (Å²) < 4.78 is 10.5. The molecule has 0 amide bonds. The fourth-order valence-electron chi connectivity index (χ4n) is 2.25. The second kappa shape index (κ2) is 10.1. The Hall–Kier alpha value is -0.650. The van der Waals surface area contributed by atoms with Gasteiger partial charge in [-0.3, -0.25) is 5.32 Å². The molecule has 0 radical (unpaired) electrons. The van der Waals surface area contributed by atoms with Crippen LogP contribution >= 0.6 is 0 Å². The fourth-order valence-corrected chi connectivity index (χ4v) is 2.25. The smallest absolute Gasteiger partial charge is 0.329 e. The van der Waals surface area contributed by atoms with E-state index < -0.39 is 5.54 Å². The summed E-state index contributed by atoms with van der Waals surface area (Å²) in [6.45, 7) is 14.5. The van der Waals surface area contributed by atoms with Crippen LogP contribution < -0.4 is 5.32 Å². The number of nitrogens with zero attached hydrogens (tertiary/aromatic N) is 1. The lowest BCUT2D eigenvalue weighted by Gasteiger charge is -2.36. The van der Waals surface area contributed by atoms with Crippen LogP contribution in [0.15, 0.2) is 0 Å². The van der Waals surface area contributed by atoms with Crippen molar-refractivity contribution in [1.82, 2.24) is 10.2 Å². The first kappa shape index (κ1) is 19.4. The summed E-state index contributed by atoms with van der Waals surface area (Å²) in [5, 5.41) is 3.38. The summed E-state index contributed by atoms with van der Waals surface area (Å²) in [6, 6.07) is 0. The zero-order valence-corrected chi connectivity index (χ0v) is 14.0. The van der Waals surface area contributed by atoms with Gasteiger partial charge in [0.1, 0.15) is 5.54 Å². The molecule has 0 bridgehead atoms. The minimum Gasteiger partial charge on any atom is -0.465 e. The molecule has 5 heteroatoms. The van der Waals surface area contributed by atoms with Gasteiger partial charge >= 0.3 is 5.97 Å².